The van der Waals surface area contributed by atoms with Gasteiger partial charge in [0.2, 0.25) is 11.8 Å². The molecule has 1 atom stereocenters. The number of imide groups is 1. The van der Waals surface area contributed by atoms with Crippen LogP contribution in [0, 0.1) is 5.92 Å². The highest BCUT2D eigenvalue weighted by Crippen LogP contribution is 2.31. The van der Waals surface area contributed by atoms with Crippen LogP contribution in [0.25, 0.3) is 0 Å². The number of ether oxygens (including phenoxy) is 1. The summed E-state index contributed by atoms with van der Waals surface area (Å²) in [6.07, 6.45) is 2.43. The second kappa shape index (κ2) is 10.6. The van der Waals surface area contributed by atoms with E-state index < -0.39 is 11.6 Å². The lowest BCUT2D eigenvalue weighted by molar-refractivity contribution is -0.136. The van der Waals surface area contributed by atoms with Gasteiger partial charge >= 0.3 is 6.09 Å². The van der Waals surface area contributed by atoms with Crippen LogP contribution in [0.5, 0.6) is 0 Å². The van der Waals surface area contributed by atoms with Crippen LogP contribution < -0.4 is 10.2 Å². The van der Waals surface area contributed by atoms with E-state index in [1.165, 1.54) is 0 Å². The number of fused-ring (bicyclic) bond motifs is 1. The first-order chi connectivity index (χ1) is 18.1. The van der Waals surface area contributed by atoms with Gasteiger partial charge in [-0.3, -0.25) is 24.6 Å². The summed E-state index contributed by atoms with van der Waals surface area (Å²) in [7, 11) is 0. The molecule has 0 saturated carbocycles. The Morgan fingerprint density at radius 1 is 1.00 bits per heavy atom. The minimum Gasteiger partial charge on any atom is -0.444 e. The van der Waals surface area contributed by atoms with Crippen molar-refractivity contribution in [1.82, 2.24) is 20.0 Å². The molecule has 0 aliphatic carbocycles. The maximum atomic E-state index is 13.0. The number of carbonyl (C=O) groups excluding carboxylic acids is 4. The van der Waals surface area contributed by atoms with Gasteiger partial charge in [-0.25, -0.2) is 4.79 Å². The number of carbonyl (C=O) groups is 4. The molecule has 0 radical (unpaired) electrons. The van der Waals surface area contributed by atoms with Crippen molar-refractivity contribution in [3.63, 3.8) is 0 Å². The number of nitrogens with zero attached hydrogens (tertiary/aromatic N) is 4. The van der Waals surface area contributed by atoms with Crippen LogP contribution in [-0.4, -0.2) is 96.0 Å². The fourth-order valence-electron chi connectivity index (χ4n) is 5.94. The first-order valence-corrected chi connectivity index (χ1v) is 13.8. The van der Waals surface area contributed by atoms with E-state index >= 15 is 0 Å². The fraction of sp³-hybridized carbons (Fsp3) is 0.643. The maximum Gasteiger partial charge on any atom is 0.410 e. The van der Waals surface area contributed by atoms with E-state index in [1.807, 2.05) is 37.8 Å². The van der Waals surface area contributed by atoms with Gasteiger partial charge in [-0.1, -0.05) is 0 Å². The fourth-order valence-corrected chi connectivity index (χ4v) is 5.94. The summed E-state index contributed by atoms with van der Waals surface area (Å²) < 4.78 is 5.51. The Balaban J connectivity index is 1.10. The van der Waals surface area contributed by atoms with Crippen molar-refractivity contribution in [2.24, 2.45) is 5.92 Å². The third-order valence-electron chi connectivity index (χ3n) is 8.03. The molecule has 1 aromatic rings. The minimum atomic E-state index is -0.587. The first-order valence-electron chi connectivity index (χ1n) is 13.8. The molecular weight excluding hydrogens is 486 g/mol. The van der Waals surface area contributed by atoms with Gasteiger partial charge in [0.25, 0.3) is 5.91 Å². The monoisotopic (exact) mass is 525 g/mol. The van der Waals surface area contributed by atoms with E-state index in [9.17, 15) is 19.2 Å². The molecular formula is C28H39N5O5. The first kappa shape index (κ1) is 26.5. The second-order valence-corrected chi connectivity index (χ2v) is 11.9. The van der Waals surface area contributed by atoms with Crippen molar-refractivity contribution in [3.8, 4) is 0 Å². The average molecular weight is 526 g/mol. The van der Waals surface area contributed by atoms with Gasteiger partial charge in [-0.2, -0.15) is 0 Å². The van der Waals surface area contributed by atoms with Crippen molar-refractivity contribution in [1.29, 1.82) is 0 Å². The van der Waals surface area contributed by atoms with Crippen LogP contribution in [0.4, 0.5) is 10.5 Å². The molecule has 1 N–H and O–H groups in total. The summed E-state index contributed by atoms with van der Waals surface area (Å²) in [4.78, 5) is 57.4. The largest absolute Gasteiger partial charge is 0.444 e. The van der Waals surface area contributed by atoms with Gasteiger partial charge in [0, 0.05) is 70.0 Å². The number of likely N-dealkylation sites (tertiary alicyclic amines) is 1. The molecule has 0 aromatic heterocycles. The molecule has 206 valence electrons. The standard InChI is InChI=1S/C28H39N5O5/c1-28(2,3)38-27(37)32-10-8-19(9-11-32)17-30-12-14-31(15-13-30)21-4-5-22-20(16-21)18-33(26(22)36)23-6-7-24(34)29-25(23)35/h4-5,16,19,23H,6-15,17-18H2,1-3H3,(H,29,34,35). The van der Waals surface area contributed by atoms with Crippen molar-refractivity contribution >= 4 is 29.5 Å². The van der Waals surface area contributed by atoms with E-state index in [2.05, 4.69) is 21.2 Å². The third kappa shape index (κ3) is 5.80. The Kier molecular flexibility index (Phi) is 7.35. The van der Waals surface area contributed by atoms with Crippen LogP contribution >= 0.6 is 0 Å². The van der Waals surface area contributed by atoms with Gasteiger partial charge in [-0.05, 0) is 69.7 Å². The normalized spacial score (nSPS) is 23.5. The molecule has 38 heavy (non-hydrogen) atoms. The van der Waals surface area contributed by atoms with Gasteiger partial charge in [-0.15, -0.1) is 0 Å². The van der Waals surface area contributed by atoms with E-state index in [4.69, 9.17) is 4.74 Å². The maximum absolute atomic E-state index is 13.0. The predicted octanol–water partition coefficient (Wildman–Crippen LogP) is 2.22. The van der Waals surface area contributed by atoms with E-state index in [0.29, 0.717) is 24.4 Å². The molecule has 4 amide bonds. The summed E-state index contributed by atoms with van der Waals surface area (Å²) in [5.74, 6) is -0.203. The molecule has 3 saturated heterocycles. The lowest BCUT2D eigenvalue weighted by atomic mass is 9.96. The Morgan fingerprint density at radius 2 is 1.71 bits per heavy atom. The molecule has 10 nitrogen and oxygen atoms in total. The van der Waals surface area contributed by atoms with Crippen LogP contribution in [0.2, 0.25) is 0 Å². The van der Waals surface area contributed by atoms with Crippen molar-refractivity contribution in [2.75, 3.05) is 50.7 Å². The lowest BCUT2D eigenvalue weighted by Crippen LogP contribution is -2.52. The lowest BCUT2D eigenvalue weighted by Gasteiger charge is -2.39. The number of amides is 4. The molecule has 0 bridgehead atoms. The molecule has 4 aliphatic heterocycles. The third-order valence-corrected chi connectivity index (χ3v) is 8.03. The van der Waals surface area contributed by atoms with E-state index in [1.54, 1.807) is 4.90 Å². The van der Waals surface area contributed by atoms with Crippen LogP contribution in [0.1, 0.15) is 62.4 Å². The molecule has 5 rings (SSSR count). The van der Waals surface area contributed by atoms with Gasteiger partial charge in [0.15, 0.2) is 0 Å². The highest BCUT2D eigenvalue weighted by atomic mass is 16.6. The summed E-state index contributed by atoms with van der Waals surface area (Å²) in [5.41, 5.74) is 2.23. The number of anilines is 1. The van der Waals surface area contributed by atoms with Crippen molar-refractivity contribution in [2.45, 2.75) is 64.6 Å². The minimum absolute atomic E-state index is 0.136. The Labute approximate surface area is 224 Å². The quantitative estimate of drug-likeness (QED) is 0.602. The van der Waals surface area contributed by atoms with Crippen LogP contribution in [0.3, 0.4) is 0 Å². The number of hydrogen-bond acceptors (Lipinski definition) is 7. The number of hydrogen-bond donors (Lipinski definition) is 1. The molecule has 10 heteroatoms. The topological polar surface area (TPSA) is 102 Å². The zero-order valence-corrected chi connectivity index (χ0v) is 22.7. The zero-order valence-electron chi connectivity index (χ0n) is 22.7. The smallest absolute Gasteiger partial charge is 0.410 e. The zero-order chi connectivity index (χ0) is 27.0. The number of rotatable bonds is 4. The van der Waals surface area contributed by atoms with Crippen LogP contribution in [0.15, 0.2) is 18.2 Å². The summed E-state index contributed by atoms with van der Waals surface area (Å²) >= 11 is 0. The Morgan fingerprint density at radius 3 is 2.37 bits per heavy atom. The Bertz CT molecular complexity index is 1100. The summed E-state index contributed by atoms with van der Waals surface area (Å²) in [6, 6.07) is 5.38. The van der Waals surface area contributed by atoms with Crippen molar-refractivity contribution < 1.29 is 23.9 Å². The van der Waals surface area contributed by atoms with Crippen molar-refractivity contribution in [3.05, 3.63) is 29.3 Å². The highest BCUT2D eigenvalue weighted by Gasteiger charge is 2.39. The number of piperidine rings is 2. The van der Waals surface area contributed by atoms with Gasteiger partial charge in [0.05, 0.1) is 0 Å². The molecule has 4 heterocycles. The van der Waals surface area contributed by atoms with Gasteiger partial charge < -0.3 is 19.4 Å². The molecule has 3 fully saturated rings. The Hall–Kier alpha value is -3.14. The number of nitrogens with one attached hydrogen (secondary N) is 1. The summed E-state index contributed by atoms with van der Waals surface area (Å²) in [6.45, 7) is 12.4. The van der Waals surface area contributed by atoms with Crippen LogP contribution in [-0.2, 0) is 20.9 Å². The SMILES string of the molecule is CC(C)(C)OC(=O)N1CCC(CN2CCN(c3ccc4c(c3)CN(C3CCC(=O)NC3=O)C4=O)CC2)CC1. The van der Waals surface area contributed by atoms with E-state index in [0.717, 1.165) is 69.9 Å². The summed E-state index contributed by atoms with van der Waals surface area (Å²) in [5, 5.41) is 2.36. The highest BCUT2D eigenvalue weighted by molar-refractivity contribution is 6.05. The predicted molar refractivity (Wildman–Crippen MR) is 142 cm³/mol. The molecule has 4 aliphatic rings. The average Bonchev–Trinajstić information content (AvgIpc) is 3.19. The number of benzene rings is 1. The number of piperazine rings is 1. The molecule has 1 aromatic carbocycles. The molecule has 0 spiro atoms. The second-order valence-electron chi connectivity index (χ2n) is 11.9. The molecule has 1 unspecified atom stereocenters. The van der Waals surface area contributed by atoms with E-state index in [-0.39, 0.29) is 30.2 Å². The van der Waals surface area contributed by atoms with Gasteiger partial charge in [0.1, 0.15) is 11.6 Å².